The summed E-state index contributed by atoms with van der Waals surface area (Å²) in [5.74, 6) is 1.08. The van der Waals surface area contributed by atoms with Crippen molar-refractivity contribution in [2.75, 3.05) is 27.7 Å². The lowest BCUT2D eigenvalue weighted by atomic mass is 10.1. The smallest absolute Gasteiger partial charge is 0.133 e. The molecule has 2 aromatic rings. The number of quaternary nitrogens is 1. The Bertz CT molecular complexity index is 686. The lowest BCUT2D eigenvalue weighted by Gasteiger charge is -2.20. The van der Waals surface area contributed by atoms with Crippen molar-refractivity contribution in [3.8, 4) is 11.5 Å². The molecule has 2 N–H and O–H groups in total. The van der Waals surface area contributed by atoms with E-state index in [9.17, 15) is 5.11 Å². The predicted octanol–water partition coefficient (Wildman–Crippen LogP) is 2.47. The summed E-state index contributed by atoms with van der Waals surface area (Å²) in [6.45, 7) is 0.626. The number of phenolic OH excluding ortho intramolecular Hbond substituents is 1. The summed E-state index contributed by atoms with van der Waals surface area (Å²) in [6.07, 6.45) is 1.72. The number of nitrogens with one attached hydrogen (secondary N) is 1. The average molecular weight is 378 g/mol. The Hall–Kier alpha value is -1.85. The van der Waals surface area contributed by atoms with Gasteiger partial charge in [0.1, 0.15) is 17.5 Å². The standard InChI is InChI=1S/C18H21BrN2O2/c1-21(2)17(13-5-4-6-16(10-13)23-3)12-20-11-14-9-15(19)7-8-18(14)22/h4-11,17,22H,12H2,1-3H3/p+1/t17-/m0/s1. The number of phenols is 1. The molecule has 0 aliphatic heterocycles. The van der Waals surface area contributed by atoms with E-state index in [0.717, 1.165) is 10.2 Å². The van der Waals surface area contributed by atoms with Crippen molar-refractivity contribution in [3.63, 3.8) is 0 Å². The minimum atomic E-state index is 0.218. The van der Waals surface area contributed by atoms with Crippen LogP contribution < -0.4 is 9.64 Å². The van der Waals surface area contributed by atoms with Gasteiger partial charge >= 0.3 is 0 Å². The number of benzene rings is 2. The molecule has 122 valence electrons. The van der Waals surface area contributed by atoms with Crippen LogP contribution in [0, 0.1) is 0 Å². The number of rotatable bonds is 6. The van der Waals surface area contributed by atoms with Crippen molar-refractivity contribution in [2.24, 2.45) is 4.99 Å². The van der Waals surface area contributed by atoms with Crippen LogP contribution in [0.3, 0.4) is 0 Å². The fourth-order valence-corrected chi connectivity index (χ4v) is 2.74. The summed E-state index contributed by atoms with van der Waals surface area (Å²) in [5, 5.41) is 9.86. The summed E-state index contributed by atoms with van der Waals surface area (Å²) in [4.78, 5) is 5.82. The quantitative estimate of drug-likeness (QED) is 0.759. The van der Waals surface area contributed by atoms with Gasteiger partial charge in [0.25, 0.3) is 0 Å². The molecule has 0 radical (unpaired) electrons. The fourth-order valence-electron chi connectivity index (χ4n) is 2.36. The van der Waals surface area contributed by atoms with Crippen molar-refractivity contribution < 1.29 is 14.7 Å². The molecule has 0 saturated heterocycles. The van der Waals surface area contributed by atoms with Crippen molar-refractivity contribution in [3.05, 3.63) is 58.1 Å². The molecule has 0 heterocycles. The topological polar surface area (TPSA) is 46.3 Å². The van der Waals surface area contributed by atoms with Crippen LogP contribution in [-0.4, -0.2) is 39.1 Å². The van der Waals surface area contributed by atoms with Gasteiger partial charge in [0.2, 0.25) is 0 Å². The Morgan fingerprint density at radius 2 is 2.04 bits per heavy atom. The third-order valence-corrected chi connectivity index (χ3v) is 4.19. The molecule has 0 saturated carbocycles. The highest BCUT2D eigenvalue weighted by atomic mass is 79.9. The monoisotopic (exact) mass is 377 g/mol. The summed E-state index contributed by atoms with van der Waals surface area (Å²) in [7, 11) is 5.89. The number of likely N-dealkylation sites (N-methyl/N-ethyl adjacent to an activating group) is 1. The third-order valence-electron chi connectivity index (χ3n) is 3.70. The first-order valence-corrected chi connectivity index (χ1v) is 8.23. The zero-order valence-corrected chi connectivity index (χ0v) is 15.2. The van der Waals surface area contributed by atoms with Gasteiger partial charge in [-0.3, -0.25) is 4.99 Å². The molecule has 0 unspecified atom stereocenters. The maximum atomic E-state index is 9.86. The van der Waals surface area contributed by atoms with Crippen LogP contribution in [0.25, 0.3) is 0 Å². The van der Waals surface area contributed by atoms with Gasteiger partial charge in [-0.15, -0.1) is 0 Å². The molecule has 0 aromatic heterocycles. The Kier molecular flexibility index (Phi) is 6.19. The summed E-state index contributed by atoms with van der Waals surface area (Å²) >= 11 is 3.40. The molecular weight excluding hydrogens is 356 g/mol. The van der Waals surface area contributed by atoms with E-state index in [2.05, 4.69) is 41.1 Å². The first-order valence-electron chi connectivity index (χ1n) is 7.43. The highest BCUT2D eigenvalue weighted by Gasteiger charge is 2.17. The van der Waals surface area contributed by atoms with Gasteiger partial charge in [0.05, 0.1) is 27.7 Å². The predicted molar refractivity (Wildman–Crippen MR) is 96.8 cm³/mol. The first kappa shape index (κ1) is 17.5. The van der Waals surface area contributed by atoms with E-state index < -0.39 is 0 Å². The molecule has 2 aromatic carbocycles. The lowest BCUT2D eigenvalue weighted by molar-refractivity contribution is -0.890. The van der Waals surface area contributed by atoms with Gasteiger partial charge in [-0.2, -0.15) is 0 Å². The molecule has 1 atom stereocenters. The van der Waals surface area contributed by atoms with Gasteiger partial charge in [-0.05, 0) is 30.3 Å². The van der Waals surface area contributed by atoms with E-state index in [1.807, 2.05) is 24.3 Å². The largest absolute Gasteiger partial charge is 0.507 e. The van der Waals surface area contributed by atoms with Crippen LogP contribution >= 0.6 is 15.9 Å². The molecule has 5 heteroatoms. The zero-order chi connectivity index (χ0) is 16.8. The highest BCUT2D eigenvalue weighted by Crippen LogP contribution is 2.21. The molecule has 0 amide bonds. The molecule has 2 rings (SSSR count). The molecule has 0 aliphatic rings. The van der Waals surface area contributed by atoms with E-state index in [4.69, 9.17) is 4.74 Å². The zero-order valence-electron chi connectivity index (χ0n) is 13.6. The Labute approximate surface area is 145 Å². The van der Waals surface area contributed by atoms with Crippen LogP contribution in [0.15, 0.2) is 51.9 Å². The van der Waals surface area contributed by atoms with Crippen LogP contribution in [0.1, 0.15) is 17.2 Å². The van der Waals surface area contributed by atoms with Crippen LogP contribution in [0.2, 0.25) is 0 Å². The van der Waals surface area contributed by atoms with E-state index in [1.54, 1.807) is 25.5 Å². The number of ether oxygens (including phenoxy) is 1. The Morgan fingerprint density at radius 3 is 2.74 bits per heavy atom. The number of nitrogens with zero attached hydrogens (tertiary/aromatic N) is 1. The Balaban J connectivity index is 2.16. The summed E-state index contributed by atoms with van der Waals surface area (Å²) in [5.41, 5.74) is 1.89. The third kappa shape index (κ3) is 4.81. The average Bonchev–Trinajstić information content (AvgIpc) is 2.54. The van der Waals surface area contributed by atoms with Crippen LogP contribution in [0.4, 0.5) is 0 Å². The van der Waals surface area contributed by atoms with Gasteiger partial charge < -0.3 is 14.7 Å². The lowest BCUT2D eigenvalue weighted by Crippen LogP contribution is -3.06. The molecule has 0 spiro atoms. The second-order valence-electron chi connectivity index (χ2n) is 5.60. The summed E-state index contributed by atoms with van der Waals surface area (Å²) < 4.78 is 6.22. The molecule has 0 bridgehead atoms. The van der Waals surface area contributed by atoms with E-state index in [-0.39, 0.29) is 11.8 Å². The van der Waals surface area contributed by atoms with Gasteiger partial charge in [0.15, 0.2) is 0 Å². The number of aromatic hydroxyl groups is 1. The van der Waals surface area contributed by atoms with Crippen LogP contribution in [0.5, 0.6) is 11.5 Å². The normalized spacial score (nSPS) is 12.7. The second kappa shape index (κ2) is 8.13. The van der Waals surface area contributed by atoms with Crippen molar-refractivity contribution in [2.45, 2.75) is 6.04 Å². The maximum absolute atomic E-state index is 9.86. The molecule has 0 aliphatic carbocycles. The molecule has 4 nitrogen and oxygen atoms in total. The molecular formula is C18H22BrN2O2+. The van der Waals surface area contributed by atoms with Crippen molar-refractivity contribution >= 4 is 22.1 Å². The number of methoxy groups -OCH3 is 1. The second-order valence-corrected chi connectivity index (χ2v) is 6.52. The number of halogens is 1. The molecule has 23 heavy (non-hydrogen) atoms. The SMILES string of the molecule is COc1cccc([C@H](CN=Cc2cc(Br)ccc2O)[NH+](C)C)c1. The van der Waals surface area contributed by atoms with Gasteiger partial charge in [-0.1, -0.05) is 28.1 Å². The minimum absolute atomic E-state index is 0.218. The Morgan fingerprint density at radius 1 is 1.26 bits per heavy atom. The molecule has 0 fully saturated rings. The number of aliphatic imine (C=N–C) groups is 1. The van der Waals surface area contributed by atoms with Crippen molar-refractivity contribution in [1.29, 1.82) is 0 Å². The van der Waals surface area contributed by atoms with E-state index >= 15 is 0 Å². The van der Waals surface area contributed by atoms with Crippen LogP contribution in [-0.2, 0) is 0 Å². The first-order chi connectivity index (χ1) is 11.0. The highest BCUT2D eigenvalue weighted by molar-refractivity contribution is 9.10. The summed E-state index contributed by atoms with van der Waals surface area (Å²) in [6, 6.07) is 13.6. The minimum Gasteiger partial charge on any atom is -0.507 e. The van der Waals surface area contributed by atoms with Crippen molar-refractivity contribution in [1.82, 2.24) is 0 Å². The number of hydrogen-bond acceptors (Lipinski definition) is 3. The van der Waals surface area contributed by atoms with E-state index in [1.165, 1.54) is 10.5 Å². The van der Waals surface area contributed by atoms with Gasteiger partial charge in [0, 0.05) is 21.8 Å². The fraction of sp³-hybridized carbons (Fsp3) is 0.278. The van der Waals surface area contributed by atoms with E-state index in [0.29, 0.717) is 12.1 Å². The maximum Gasteiger partial charge on any atom is 0.133 e. The number of hydrogen-bond donors (Lipinski definition) is 2. The van der Waals surface area contributed by atoms with Gasteiger partial charge in [-0.25, -0.2) is 0 Å².